The van der Waals surface area contributed by atoms with Crippen LogP contribution >= 0.6 is 0 Å². The summed E-state index contributed by atoms with van der Waals surface area (Å²) in [6, 6.07) is 0. The number of rotatable bonds is 3. The Balaban J connectivity index is 3.14. The van der Waals surface area contributed by atoms with Crippen molar-refractivity contribution in [3.63, 3.8) is 0 Å². The number of hydrogen-bond acceptors (Lipinski definition) is 5. The first-order valence-corrected chi connectivity index (χ1v) is 3.87. The van der Waals surface area contributed by atoms with Crippen LogP contribution in [-0.4, -0.2) is 21.4 Å². The minimum Gasteiger partial charge on any atom is -0.366 e. The standard InChI is InChI=1S/C7H7N3O5/c8-6(11)5-2-1-3-7(4-5,9(12)13)10(14)15/h1-3H,4H2,(H2,8,11). The van der Waals surface area contributed by atoms with Gasteiger partial charge in [-0.05, 0) is 0 Å². The molecule has 0 spiro atoms. The first-order chi connectivity index (χ1) is 6.90. The maximum Gasteiger partial charge on any atom is 0.482 e. The van der Waals surface area contributed by atoms with Gasteiger partial charge in [0.25, 0.3) is 0 Å². The molecular formula is C7H7N3O5. The van der Waals surface area contributed by atoms with E-state index in [-0.39, 0.29) is 5.57 Å². The van der Waals surface area contributed by atoms with E-state index in [2.05, 4.69) is 0 Å². The molecule has 0 aromatic rings. The number of carbonyl (C=O) groups excluding carboxylic acids is 1. The second-order valence-corrected chi connectivity index (χ2v) is 2.98. The van der Waals surface area contributed by atoms with Crippen LogP contribution in [0.2, 0.25) is 0 Å². The first kappa shape index (κ1) is 10.8. The second kappa shape index (κ2) is 3.48. The molecular weight excluding hydrogens is 206 g/mol. The van der Waals surface area contributed by atoms with Gasteiger partial charge in [-0.1, -0.05) is 12.2 Å². The molecule has 0 aromatic heterocycles. The van der Waals surface area contributed by atoms with Crippen molar-refractivity contribution in [1.82, 2.24) is 0 Å². The van der Waals surface area contributed by atoms with Gasteiger partial charge in [-0.2, -0.15) is 0 Å². The normalized spacial score (nSPS) is 18.0. The molecule has 0 bridgehead atoms. The molecule has 0 fully saturated rings. The summed E-state index contributed by atoms with van der Waals surface area (Å²) >= 11 is 0. The minimum absolute atomic E-state index is 0.133. The van der Waals surface area contributed by atoms with E-state index in [0.29, 0.717) is 0 Å². The maximum atomic E-state index is 10.8. The van der Waals surface area contributed by atoms with Gasteiger partial charge in [0.15, 0.2) is 0 Å². The fraction of sp³-hybridized carbons (Fsp3) is 0.286. The summed E-state index contributed by atoms with van der Waals surface area (Å²) in [5.41, 5.74) is 2.30. The van der Waals surface area contributed by atoms with Gasteiger partial charge in [0.2, 0.25) is 5.91 Å². The monoisotopic (exact) mass is 213 g/mol. The van der Waals surface area contributed by atoms with E-state index in [1.165, 1.54) is 6.08 Å². The lowest BCUT2D eigenvalue weighted by Crippen LogP contribution is -2.46. The third-order valence-electron chi connectivity index (χ3n) is 2.06. The highest BCUT2D eigenvalue weighted by Gasteiger charge is 2.55. The Morgan fingerprint density at radius 1 is 1.40 bits per heavy atom. The Morgan fingerprint density at radius 2 is 1.93 bits per heavy atom. The molecule has 0 unspecified atom stereocenters. The molecule has 8 nitrogen and oxygen atoms in total. The predicted molar refractivity (Wildman–Crippen MR) is 47.8 cm³/mol. The fourth-order valence-corrected chi connectivity index (χ4v) is 1.20. The van der Waals surface area contributed by atoms with Gasteiger partial charge < -0.3 is 5.73 Å². The summed E-state index contributed by atoms with van der Waals surface area (Å²) in [4.78, 5) is 29.9. The van der Waals surface area contributed by atoms with Crippen LogP contribution in [0.25, 0.3) is 0 Å². The Bertz CT molecular complexity index is 383. The summed E-state index contributed by atoms with van der Waals surface area (Å²) in [6.45, 7) is 0. The van der Waals surface area contributed by atoms with Crippen LogP contribution in [0.4, 0.5) is 0 Å². The molecule has 80 valence electrons. The summed E-state index contributed by atoms with van der Waals surface area (Å²) in [5.74, 6) is -0.896. The van der Waals surface area contributed by atoms with Crippen molar-refractivity contribution < 1.29 is 14.6 Å². The van der Waals surface area contributed by atoms with Crippen LogP contribution in [-0.2, 0) is 4.79 Å². The van der Waals surface area contributed by atoms with Crippen LogP contribution in [0.15, 0.2) is 23.8 Å². The van der Waals surface area contributed by atoms with E-state index in [1.54, 1.807) is 0 Å². The van der Waals surface area contributed by atoms with Crippen LogP contribution in [0.3, 0.4) is 0 Å². The fourth-order valence-electron chi connectivity index (χ4n) is 1.20. The number of amides is 1. The van der Waals surface area contributed by atoms with Crippen molar-refractivity contribution >= 4 is 5.91 Å². The molecule has 1 amide bonds. The number of allylic oxidation sites excluding steroid dienone is 2. The van der Waals surface area contributed by atoms with Crippen LogP contribution in [0, 0.1) is 20.2 Å². The highest BCUT2D eigenvalue weighted by atomic mass is 16.7. The molecule has 0 saturated carbocycles. The molecule has 1 aliphatic carbocycles. The lowest BCUT2D eigenvalue weighted by atomic mass is 9.95. The van der Waals surface area contributed by atoms with Gasteiger partial charge in [-0.3, -0.25) is 25.0 Å². The predicted octanol–water partition coefficient (Wildman–Crippen LogP) is -0.392. The number of nitrogens with zero attached hydrogens (tertiary/aromatic N) is 2. The van der Waals surface area contributed by atoms with Crippen molar-refractivity contribution in [2.75, 3.05) is 0 Å². The van der Waals surface area contributed by atoms with Crippen LogP contribution < -0.4 is 5.73 Å². The van der Waals surface area contributed by atoms with Gasteiger partial charge >= 0.3 is 5.66 Å². The van der Waals surface area contributed by atoms with Crippen molar-refractivity contribution in [2.45, 2.75) is 12.1 Å². The number of nitro groups is 2. The van der Waals surface area contributed by atoms with Crippen molar-refractivity contribution in [1.29, 1.82) is 0 Å². The second-order valence-electron chi connectivity index (χ2n) is 2.98. The SMILES string of the molecule is NC(=O)C1=CC=CC([N+](=O)[O-])([N+](=O)[O-])C1. The quantitative estimate of drug-likeness (QED) is 0.387. The third kappa shape index (κ3) is 1.68. The molecule has 8 heteroatoms. The molecule has 0 heterocycles. The Hall–Kier alpha value is -2.25. The smallest absolute Gasteiger partial charge is 0.366 e. The number of carbonyl (C=O) groups is 1. The number of nitrogens with two attached hydrogens (primary N) is 1. The summed E-state index contributed by atoms with van der Waals surface area (Å²) in [7, 11) is 0. The van der Waals surface area contributed by atoms with Crippen LogP contribution in [0.1, 0.15) is 6.42 Å². The highest BCUT2D eigenvalue weighted by molar-refractivity contribution is 5.92. The molecule has 2 N–H and O–H groups in total. The lowest BCUT2D eigenvalue weighted by molar-refractivity contribution is -0.780. The third-order valence-corrected chi connectivity index (χ3v) is 2.06. The summed E-state index contributed by atoms with van der Waals surface area (Å²) in [6.07, 6.45) is 2.53. The number of hydrogen-bond donors (Lipinski definition) is 1. The van der Waals surface area contributed by atoms with E-state index in [4.69, 9.17) is 5.73 Å². The minimum atomic E-state index is -2.47. The Kier molecular flexibility index (Phi) is 2.51. The van der Waals surface area contributed by atoms with Gasteiger partial charge in [-0.25, -0.2) is 0 Å². The van der Waals surface area contributed by atoms with E-state index in [9.17, 15) is 25.0 Å². The van der Waals surface area contributed by atoms with E-state index < -0.39 is 27.8 Å². The molecule has 0 atom stereocenters. The van der Waals surface area contributed by atoms with Crippen molar-refractivity contribution in [3.05, 3.63) is 44.0 Å². The molecule has 1 rings (SSSR count). The summed E-state index contributed by atoms with van der Waals surface area (Å²) < 4.78 is 0. The molecule has 0 aliphatic heterocycles. The average Bonchev–Trinajstić information content (AvgIpc) is 2.17. The van der Waals surface area contributed by atoms with Crippen molar-refractivity contribution in [2.24, 2.45) is 5.73 Å². The molecule has 0 aromatic carbocycles. The Labute approximate surface area is 83.4 Å². The molecule has 1 aliphatic rings. The largest absolute Gasteiger partial charge is 0.482 e. The van der Waals surface area contributed by atoms with Gasteiger partial charge in [0, 0.05) is 5.57 Å². The van der Waals surface area contributed by atoms with Gasteiger partial charge in [0.05, 0.1) is 6.08 Å². The van der Waals surface area contributed by atoms with E-state index in [1.807, 2.05) is 0 Å². The lowest BCUT2D eigenvalue weighted by Gasteiger charge is -2.16. The average molecular weight is 213 g/mol. The van der Waals surface area contributed by atoms with Gasteiger partial charge in [0.1, 0.15) is 16.3 Å². The zero-order chi connectivity index (χ0) is 11.6. The molecule has 0 radical (unpaired) electrons. The first-order valence-electron chi connectivity index (χ1n) is 3.87. The highest BCUT2D eigenvalue weighted by Crippen LogP contribution is 2.26. The van der Waals surface area contributed by atoms with E-state index in [0.717, 1.165) is 12.2 Å². The summed E-state index contributed by atoms with van der Waals surface area (Å²) in [5, 5.41) is 21.2. The topological polar surface area (TPSA) is 129 Å². The Morgan fingerprint density at radius 3 is 2.33 bits per heavy atom. The zero-order valence-electron chi connectivity index (χ0n) is 7.45. The molecule has 15 heavy (non-hydrogen) atoms. The van der Waals surface area contributed by atoms with Crippen LogP contribution in [0.5, 0.6) is 0 Å². The number of primary amides is 1. The van der Waals surface area contributed by atoms with Gasteiger partial charge in [-0.15, -0.1) is 0 Å². The van der Waals surface area contributed by atoms with Crippen molar-refractivity contribution in [3.8, 4) is 0 Å². The maximum absolute atomic E-state index is 10.8. The molecule has 0 saturated heterocycles. The zero-order valence-corrected chi connectivity index (χ0v) is 7.45. The van der Waals surface area contributed by atoms with E-state index >= 15 is 0 Å².